The molecule has 0 saturated heterocycles. The molecule has 130 valence electrons. The van der Waals surface area contributed by atoms with Gasteiger partial charge in [0.1, 0.15) is 5.54 Å². The summed E-state index contributed by atoms with van der Waals surface area (Å²) in [4.78, 5) is 14.6. The van der Waals surface area contributed by atoms with Crippen molar-refractivity contribution in [1.29, 1.82) is 5.26 Å². The monoisotopic (exact) mass is 327 g/mol. The van der Waals surface area contributed by atoms with Crippen molar-refractivity contribution < 1.29 is 4.79 Å². The van der Waals surface area contributed by atoms with Gasteiger partial charge in [0, 0.05) is 6.54 Å². The largest absolute Gasteiger partial charge is 0.336 e. The van der Waals surface area contributed by atoms with Crippen LogP contribution in [0.15, 0.2) is 24.3 Å². The van der Waals surface area contributed by atoms with E-state index < -0.39 is 5.54 Å². The Bertz CT molecular complexity index is 582. The van der Waals surface area contributed by atoms with Gasteiger partial charge in [-0.25, -0.2) is 0 Å². The minimum absolute atomic E-state index is 0.0499. The van der Waals surface area contributed by atoms with E-state index in [4.69, 9.17) is 0 Å². The Hall–Kier alpha value is -1.86. The third-order valence-corrected chi connectivity index (χ3v) is 5.19. The second-order valence-electron chi connectivity index (χ2n) is 7.00. The van der Waals surface area contributed by atoms with Crippen LogP contribution in [0.5, 0.6) is 0 Å². The summed E-state index contributed by atoms with van der Waals surface area (Å²) < 4.78 is 0. The molecule has 1 aliphatic carbocycles. The van der Waals surface area contributed by atoms with E-state index in [-0.39, 0.29) is 11.9 Å². The SMILES string of the molecule is CCc1ccc(CN(C)C(C)C(=O)NC2(C#N)CCCCC2)cc1. The van der Waals surface area contributed by atoms with E-state index in [2.05, 4.69) is 42.6 Å². The van der Waals surface area contributed by atoms with Crippen LogP contribution < -0.4 is 5.32 Å². The molecule has 1 saturated carbocycles. The minimum atomic E-state index is -0.660. The molecule has 4 nitrogen and oxygen atoms in total. The van der Waals surface area contributed by atoms with E-state index in [1.807, 2.05) is 18.9 Å². The van der Waals surface area contributed by atoms with Gasteiger partial charge in [-0.2, -0.15) is 5.26 Å². The van der Waals surface area contributed by atoms with E-state index in [1.54, 1.807) is 0 Å². The Morgan fingerprint density at radius 2 is 1.83 bits per heavy atom. The highest BCUT2D eigenvalue weighted by atomic mass is 16.2. The Morgan fingerprint density at radius 1 is 1.25 bits per heavy atom. The van der Waals surface area contributed by atoms with Crippen LogP contribution in [0.1, 0.15) is 57.1 Å². The molecule has 0 bridgehead atoms. The van der Waals surface area contributed by atoms with E-state index in [0.717, 1.165) is 45.1 Å². The number of rotatable bonds is 6. The lowest BCUT2D eigenvalue weighted by molar-refractivity contribution is -0.127. The summed E-state index contributed by atoms with van der Waals surface area (Å²) in [5, 5.41) is 12.5. The number of hydrogen-bond acceptors (Lipinski definition) is 3. The second-order valence-corrected chi connectivity index (χ2v) is 7.00. The molecule has 1 aromatic rings. The van der Waals surface area contributed by atoms with Crippen LogP contribution in [0.2, 0.25) is 0 Å². The fraction of sp³-hybridized carbons (Fsp3) is 0.600. The van der Waals surface area contributed by atoms with Crippen LogP contribution in [-0.4, -0.2) is 29.4 Å². The van der Waals surface area contributed by atoms with Gasteiger partial charge in [0.2, 0.25) is 5.91 Å². The fourth-order valence-electron chi connectivity index (χ4n) is 3.27. The first-order valence-corrected chi connectivity index (χ1v) is 9.01. The molecule has 1 N–H and O–H groups in total. The highest BCUT2D eigenvalue weighted by molar-refractivity contribution is 5.82. The number of benzene rings is 1. The molecule has 1 unspecified atom stereocenters. The molecule has 24 heavy (non-hydrogen) atoms. The number of amides is 1. The molecule has 4 heteroatoms. The zero-order valence-corrected chi connectivity index (χ0v) is 15.1. The summed E-state index contributed by atoms with van der Waals surface area (Å²) in [7, 11) is 1.96. The summed E-state index contributed by atoms with van der Waals surface area (Å²) in [6.45, 7) is 4.77. The normalized spacial score (nSPS) is 18.0. The molecular weight excluding hydrogens is 298 g/mol. The van der Waals surface area contributed by atoms with Crippen LogP contribution in [0.25, 0.3) is 0 Å². The van der Waals surface area contributed by atoms with Crippen molar-refractivity contribution in [3.8, 4) is 6.07 Å². The standard InChI is InChI=1S/C20H29N3O/c1-4-17-8-10-18(11-9-17)14-23(3)16(2)19(24)22-20(15-21)12-6-5-7-13-20/h8-11,16H,4-7,12-14H2,1-3H3,(H,22,24). The quantitative estimate of drug-likeness (QED) is 0.871. The maximum Gasteiger partial charge on any atom is 0.238 e. The predicted molar refractivity (Wildman–Crippen MR) is 96.3 cm³/mol. The molecule has 2 rings (SSSR count). The van der Waals surface area contributed by atoms with E-state index in [1.165, 1.54) is 11.1 Å². The number of hydrogen-bond donors (Lipinski definition) is 1. The zero-order chi connectivity index (χ0) is 17.6. The summed E-state index contributed by atoms with van der Waals surface area (Å²) in [5.41, 5.74) is 1.86. The number of carbonyl (C=O) groups is 1. The molecule has 1 aliphatic rings. The third-order valence-electron chi connectivity index (χ3n) is 5.19. The number of likely N-dealkylation sites (N-methyl/N-ethyl adjacent to an activating group) is 1. The first-order valence-electron chi connectivity index (χ1n) is 9.01. The molecule has 0 aliphatic heterocycles. The highest BCUT2D eigenvalue weighted by Gasteiger charge is 2.35. The van der Waals surface area contributed by atoms with Crippen LogP contribution >= 0.6 is 0 Å². The van der Waals surface area contributed by atoms with Crippen LogP contribution in [0, 0.1) is 11.3 Å². The van der Waals surface area contributed by atoms with Gasteiger partial charge in [0.25, 0.3) is 0 Å². The lowest BCUT2D eigenvalue weighted by Gasteiger charge is -2.34. The van der Waals surface area contributed by atoms with Gasteiger partial charge < -0.3 is 5.32 Å². The molecule has 1 amide bonds. The van der Waals surface area contributed by atoms with Crippen molar-refractivity contribution in [2.24, 2.45) is 0 Å². The minimum Gasteiger partial charge on any atom is -0.336 e. The smallest absolute Gasteiger partial charge is 0.238 e. The first kappa shape index (κ1) is 18.5. The van der Waals surface area contributed by atoms with Gasteiger partial charge in [-0.1, -0.05) is 50.5 Å². The van der Waals surface area contributed by atoms with Crippen molar-refractivity contribution in [2.75, 3.05) is 7.05 Å². The average Bonchev–Trinajstić information content (AvgIpc) is 2.62. The predicted octanol–water partition coefficient (Wildman–Crippen LogP) is 3.41. The summed E-state index contributed by atoms with van der Waals surface area (Å²) in [6, 6.07) is 10.6. The van der Waals surface area contributed by atoms with Crippen molar-refractivity contribution in [2.45, 2.75) is 70.5 Å². The van der Waals surface area contributed by atoms with E-state index in [9.17, 15) is 10.1 Å². The summed E-state index contributed by atoms with van der Waals surface area (Å²) >= 11 is 0. The second kappa shape index (κ2) is 8.30. The number of aryl methyl sites for hydroxylation is 1. The molecular formula is C20H29N3O. The first-order chi connectivity index (χ1) is 11.5. The average molecular weight is 327 g/mol. The Labute approximate surface area is 145 Å². The summed E-state index contributed by atoms with van der Waals surface area (Å²) in [5.74, 6) is -0.0499. The van der Waals surface area contributed by atoms with Gasteiger partial charge in [-0.05, 0) is 44.4 Å². The number of nitriles is 1. The van der Waals surface area contributed by atoms with Crippen molar-refractivity contribution in [3.05, 3.63) is 35.4 Å². The molecule has 0 radical (unpaired) electrons. The molecule has 1 atom stereocenters. The van der Waals surface area contributed by atoms with Crippen LogP contribution in [-0.2, 0) is 17.8 Å². The lowest BCUT2D eigenvalue weighted by Crippen LogP contribution is -2.54. The van der Waals surface area contributed by atoms with Gasteiger partial charge in [-0.3, -0.25) is 9.69 Å². The highest BCUT2D eigenvalue weighted by Crippen LogP contribution is 2.27. The van der Waals surface area contributed by atoms with Gasteiger partial charge >= 0.3 is 0 Å². The Kier molecular flexibility index (Phi) is 6.39. The molecule has 1 aromatic carbocycles. The Balaban J connectivity index is 1.94. The summed E-state index contributed by atoms with van der Waals surface area (Å²) in [6.07, 6.45) is 5.76. The maximum atomic E-state index is 12.6. The van der Waals surface area contributed by atoms with E-state index in [0.29, 0.717) is 0 Å². The molecule has 1 fully saturated rings. The van der Waals surface area contributed by atoms with Crippen molar-refractivity contribution in [3.63, 3.8) is 0 Å². The third kappa shape index (κ3) is 4.58. The van der Waals surface area contributed by atoms with Gasteiger partial charge in [-0.15, -0.1) is 0 Å². The van der Waals surface area contributed by atoms with Gasteiger partial charge in [0.15, 0.2) is 0 Å². The topological polar surface area (TPSA) is 56.1 Å². The number of nitrogens with one attached hydrogen (secondary N) is 1. The lowest BCUT2D eigenvalue weighted by atomic mass is 9.82. The molecule has 0 heterocycles. The number of nitrogens with zero attached hydrogens (tertiary/aromatic N) is 2. The van der Waals surface area contributed by atoms with Crippen molar-refractivity contribution >= 4 is 5.91 Å². The van der Waals surface area contributed by atoms with Crippen molar-refractivity contribution in [1.82, 2.24) is 10.2 Å². The molecule has 0 aromatic heterocycles. The number of carbonyl (C=O) groups excluding carboxylic acids is 1. The van der Waals surface area contributed by atoms with Gasteiger partial charge in [0.05, 0.1) is 12.1 Å². The Morgan fingerprint density at radius 3 is 2.38 bits per heavy atom. The van der Waals surface area contributed by atoms with Crippen LogP contribution in [0.4, 0.5) is 0 Å². The maximum absolute atomic E-state index is 12.6. The van der Waals surface area contributed by atoms with E-state index >= 15 is 0 Å². The molecule has 0 spiro atoms. The van der Waals surface area contributed by atoms with Crippen LogP contribution in [0.3, 0.4) is 0 Å². The fourth-order valence-corrected chi connectivity index (χ4v) is 3.27. The zero-order valence-electron chi connectivity index (χ0n) is 15.1.